The number of nitrogens with two attached hydrogens (primary N) is 1. The Morgan fingerprint density at radius 1 is 1.18 bits per heavy atom. The normalized spacial score (nSPS) is 10.9. The number of nitrogen functional groups attached to an aromatic ring is 1. The molecule has 3 aromatic rings. The quantitative estimate of drug-likeness (QED) is 0.671. The van der Waals surface area contributed by atoms with E-state index in [1.807, 2.05) is 0 Å². The van der Waals surface area contributed by atoms with Crippen LogP contribution in [0.4, 0.5) is 10.2 Å². The molecule has 1 aromatic carbocycles. The number of H-pyrrole nitrogens is 1. The second-order valence-electron chi connectivity index (χ2n) is 3.71. The van der Waals surface area contributed by atoms with E-state index in [2.05, 4.69) is 15.2 Å². The maximum absolute atomic E-state index is 13.2. The molecule has 0 saturated heterocycles. The Kier molecular flexibility index (Phi) is 2.04. The Balaban J connectivity index is 2.27. The summed E-state index contributed by atoms with van der Waals surface area (Å²) in [5, 5.41) is 6.98. The lowest BCUT2D eigenvalue weighted by atomic mass is 10.1. The van der Waals surface area contributed by atoms with E-state index in [-0.39, 0.29) is 5.82 Å². The van der Waals surface area contributed by atoms with E-state index in [4.69, 9.17) is 5.73 Å². The Bertz CT molecular complexity index is 690. The molecule has 0 fully saturated rings. The van der Waals surface area contributed by atoms with E-state index >= 15 is 0 Å². The highest BCUT2D eigenvalue weighted by molar-refractivity contribution is 5.90. The fourth-order valence-corrected chi connectivity index (χ4v) is 1.75. The zero-order valence-electron chi connectivity index (χ0n) is 8.81. The number of aromatic amines is 1. The number of halogens is 1. The van der Waals surface area contributed by atoms with Crippen molar-refractivity contribution in [3.63, 3.8) is 0 Å². The third-order valence-electron chi connectivity index (χ3n) is 2.53. The van der Waals surface area contributed by atoms with Gasteiger partial charge in [-0.05, 0) is 24.3 Å². The van der Waals surface area contributed by atoms with Crippen molar-refractivity contribution in [1.29, 1.82) is 0 Å². The molecule has 0 unspecified atom stereocenters. The van der Waals surface area contributed by atoms with Crippen LogP contribution in [0, 0.1) is 5.82 Å². The maximum atomic E-state index is 13.2. The molecule has 0 atom stereocenters. The van der Waals surface area contributed by atoms with Crippen LogP contribution in [-0.2, 0) is 0 Å². The summed E-state index contributed by atoms with van der Waals surface area (Å²) in [7, 11) is 0. The molecule has 0 aliphatic rings. The van der Waals surface area contributed by atoms with Gasteiger partial charge in [-0.3, -0.25) is 5.10 Å². The third kappa shape index (κ3) is 1.61. The fraction of sp³-hybridized carbons (Fsp3) is 0. The maximum Gasteiger partial charge on any atom is 0.124 e. The van der Waals surface area contributed by atoms with Crippen LogP contribution in [0.5, 0.6) is 0 Å². The Hall–Kier alpha value is -2.43. The number of nitrogens with zero attached hydrogens (tertiary/aromatic N) is 2. The first-order valence-corrected chi connectivity index (χ1v) is 5.10. The summed E-state index contributed by atoms with van der Waals surface area (Å²) < 4.78 is 13.2. The van der Waals surface area contributed by atoms with Gasteiger partial charge in [0.1, 0.15) is 22.8 Å². The highest BCUT2D eigenvalue weighted by Gasteiger charge is 2.10. The number of hydrogen-bond acceptors (Lipinski definition) is 3. The molecule has 0 spiro atoms. The van der Waals surface area contributed by atoms with Gasteiger partial charge in [0.25, 0.3) is 0 Å². The third-order valence-corrected chi connectivity index (χ3v) is 2.53. The van der Waals surface area contributed by atoms with Crippen LogP contribution in [0.3, 0.4) is 0 Å². The van der Waals surface area contributed by atoms with E-state index in [1.54, 1.807) is 24.3 Å². The highest BCUT2D eigenvalue weighted by atomic mass is 19.1. The molecule has 0 aliphatic carbocycles. The van der Waals surface area contributed by atoms with E-state index in [9.17, 15) is 4.39 Å². The zero-order chi connectivity index (χ0) is 11.8. The van der Waals surface area contributed by atoms with Gasteiger partial charge in [-0.15, -0.1) is 0 Å². The minimum Gasteiger partial charge on any atom is -0.384 e. The van der Waals surface area contributed by atoms with Gasteiger partial charge in [0, 0.05) is 5.56 Å². The molecule has 4 nitrogen and oxygen atoms in total. The topological polar surface area (TPSA) is 67.6 Å². The number of pyridine rings is 1. The molecule has 2 aromatic heterocycles. The summed E-state index contributed by atoms with van der Waals surface area (Å²) in [4.78, 5) is 4.20. The molecule has 84 valence electrons. The van der Waals surface area contributed by atoms with Crippen molar-refractivity contribution >= 4 is 16.9 Å². The number of benzene rings is 1. The minimum absolute atomic E-state index is 0.303. The van der Waals surface area contributed by atoms with Crippen LogP contribution in [0.25, 0.3) is 22.3 Å². The highest BCUT2D eigenvalue weighted by Crippen LogP contribution is 2.25. The first-order chi connectivity index (χ1) is 8.24. The van der Waals surface area contributed by atoms with Gasteiger partial charge in [-0.25, -0.2) is 9.37 Å². The number of nitrogens with one attached hydrogen (secondary N) is 1. The van der Waals surface area contributed by atoms with Gasteiger partial charge in [0.2, 0.25) is 0 Å². The van der Waals surface area contributed by atoms with Crippen molar-refractivity contribution < 1.29 is 4.39 Å². The number of hydrogen-bond donors (Lipinski definition) is 2. The standard InChI is InChI=1S/C12H9FN4/c13-8-3-1-2-7(6-8)11-12-9(16-17-11)4-5-10(14)15-12/h1-6H,(H2,14,15)(H,16,17). The van der Waals surface area contributed by atoms with E-state index < -0.39 is 0 Å². The van der Waals surface area contributed by atoms with Gasteiger partial charge in [0.15, 0.2) is 0 Å². The number of anilines is 1. The number of rotatable bonds is 1. The second-order valence-corrected chi connectivity index (χ2v) is 3.71. The van der Waals surface area contributed by atoms with Crippen LogP contribution in [0.1, 0.15) is 0 Å². The lowest BCUT2D eigenvalue weighted by Crippen LogP contribution is -1.89. The summed E-state index contributed by atoms with van der Waals surface area (Å²) in [6, 6.07) is 9.71. The van der Waals surface area contributed by atoms with E-state index in [0.717, 1.165) is 5.52 Å². The molecule has 3 N–H and O–H groups in total. The average Bonchev–Trinajstić information content (AvgIpc) is 2.71. The summed E-state index contributed by atoms with van der Waals surface area (Å²) in [5.74, 6) is 0.110. The first kappa shape index (κ1) is 9.77. The molecule has 0 amide bonds. The van der Waals surface area contributed by atoms with Crippen LogP contribution in [0.2, 0.25) is 0 Å². The second kappa shape index (κ2) is 3.55. The number of aromatic nitrogens is 3. The summed E-state index contributed by atoms with van der Waals surface area (Å²) >= 11 is 0. The zero-order valence-corrected chi connectivity index (χ0v) is 8.81. The Morgan fingerprint density at radius 2 is 2.06 bits per heavy atom. The molecule has 0 aliphatic heterocycles. The van der Waals surface area contributed by atoms with Crippen molar-refractivity contribution in [3.05, 3.63) is 42.2 Å². The summed E-state index contributed by atoms with van der Waals surface area (Å²) in [5.41, 5.74) is 8.34. The molecule has 0 radical (unpaired) electrons. The molecule has 0 saturated carbocycles. The van der Waals surface area contributed by atoms with Crippen LogP contribution in [-0.4, -0.2) is 15.2 Å². The predicted octanol–water partition coefficient (Wildman–Crippen LogP) is 2.35. The first-order valence-electron chi connectivity index (χ1n) is 5.10. The van der Waals surface area contributed by atoms with Gasteiger partial charge < -0.3 is 5.73 Å². The molecular weight excluding hydrogens is 219 g/mol. The van der Waals surface area contributed by atoms with Crippen molar-refractivity contribution in [2.45, 2.75) is 0 Å². The summed E-state index contributed by atoms with van der Waals surface area (Å²) in [6.07, 6.45) is 0. The van der Waals surface area contributed by atoms with E-state index in [0.29, 0.717) is 22.6 Å². The minimum atomic E-state index is -0.303. The molecule has 0 bridgehead atoms. The van der Waals surface area contributed by atoms with Gasteiger partial charge in [-0.1, -0.05) is 12.1 Å². The van der Waals surface area contributed by atoms with E-state index in [1.165, 1.54) is 12.1 Å². The monoisotopic (exact) mass is 228 g/mol. The lowest BCUT2D eigenvalue weighted by molar-refractivity contribution is 0.628. The largest absolute Gasteiger partial charge is 0.384 e. The number of fused-ring (bicyclic) bond motifs is 1. The fourth-order valence-electron chi connectivity index (χ4n) is 1.75. The van der Waals surface area contributed by atoms with Crippen LogP contribution >= 0.6 is 0 Å². The van der Waals surface area contributed by atoms with Crippen molar-refractivity contribution in [1.82, 2.24) is 15.2 Å². The van der Waals surface area contributed by atoms with Gasteiger partial charge in [0.05, 0.1) is 5.52 Å². The Morgan fingerprint density at radius 3 is 2.88 bits per heavy atom. The van der Waals surface area contributed by atoms with Crippen LogP contribution < -0.4 is 5.73 Å². The molecule has 2 heterocycles. The van der Waals surface area contributed by atoms with Crippen LogP contribution in [0.15, 0.2) is 36.4 Å². The molecule has 17 heavy (non-hydrogen) atoms. The average molecular weight is 228 g/mol. The lowest BCUT2D eigenvalue weighted by Gasteiger charge is -1.98. The SMILES string of the molecule is Nc1ccc2[nH]nc(-c3cccc(F)c3)c2n1. The smallest absolute Gasteiger partial charge is 0.124 e. The van der Waals surface area contributed by atoms with Gasteiger partial charge >= 0.3 is 0 Å². The van der Waals surface area contributed by atoms with Crippen molar-refractivity contribution in [2.75, 3.05) is 5.73 Å². The molecule has 5 heteroatoms. The summed E-state index contributed by atoms with van der Waals surface area (Å²) in [6.45, 7) is 0. The Labute approximate surface area is 96.3 Å². The van der Waals surface area contributed by atoms with Gasteiger partial charge in [-0.2, -0.15) is 5.10 Å². The molecular formula is C12H9FN4. The van der Waals surface area contributed by atoms with Crippen molar-refractivity contribution in [2.24, 2.45) is 0 Å². The molecule has 3 rings (SSSR count). The predicted molar refractivity (Wildman–Crippen MR) is 63.7 cm³/mol. The van der Waals surface area contributed by atoms with Crippen molar-refractivity contribution in [3.8, 4) is 11.3 Å².